The van der Waals surface area contributed by atoms with E-state index in [1.807, 2.05) is 19.1 Å². The molecule has 3 N–H and O–H groups in total. The molecule has 1 saturated carbocycles. The highest BCUT2D eigenvalue weighted by Gasteiger charge is 2.68. The minimum absolute atomic E-state index is 0.0337. The van der Waals surface area contributed by atoms with Crippen molar-refractivity contribution >= 4 is 5.97 Å². The maximum Gasteiger partial charge on any atom is 0.335 e. The predicted octanol–water partition coefficient (Wildman–Crippen LogP) is 2.40. The van der Waals surface area contributed by atoms with Crippen LogP contribution in [0.15, 0.2) is 48.3 Å². The lowest BCUT2D eigenvalue weighted by molar-refractivity contribution is -0.172. The summed E-state index contributed by atoms with van der Waals surface area (Å²) in [6, 6.07) is 3.92. The molecule has 8 nitrogen and oxygen atoms in total. The third-order valence-corrected chi connectivity index (χ3v) is 9.25. The van der Waals surface area contributed by atoms with Crippen LogP contribution in [0.5, 0.6) is 0 Å². The largest absolute Gasteiger partial charge is 0.457 e. The van der Waals surface area contributed by atoms with Crippen molar-refractivity contribution in [1.29, 1.82) is 0 Å². The van der Waals surface area contributed by atoms with E-state index in [0.717, 1.165) is 11.1 Å². The van der Waals surface area contributed by atoms with Crippen LogP contribution >= 0.6 is 0 Å². The molecule has 4 bridgehead atoms. The molecule has 0 aromatic carbocycles. The van der Waals surface area contributed by atoms with E-state index in [1.165, 1.54) is 7.11 Å². The number of carbonyl (C=O) groups is 1. The molecular weight excluding hydrogens is 472 g/mol. The second kappa shape index (κ2) is 10.2. The summed E-state index contributed by atoms with van der Waals surface area (Å²) in [6.07, 6.45) is 7.24. The number of aromatic nitrogens is 1. The van der Waals surface area contributed by atoms with Gasteiger partial charge in [0.15, 0.2) is 6.10 Å². The molecule has 37 heavy (non-hydrogen) atoms. The molecule has 5 rings (SSSR count). The molecule has 202 valence electrons. The zero-order chi connectivity index (χ0) is 26.5. The lowest BCUT2D eigenvalue weighted by Gasteiger charge is -2.49. The van der Waals surface area contributed by atoms with Crippen molar-refractivity contribution in [3.63, 3.8) is 0 Å². The van der Waals surface area contributed by atoms with Gasteiger partial charge in [-0.15, -0.1) is 0 Å². The van der Waals surface area contributed by atoms with Gasteiger partial charge in [0, 0.05) is 61.7 Å². The van der Waals surface area contributed by atoms with Crippen molar-refractivity contribution in [1.82, 2.24) is 10.3 Å². The number of cyclic esters (lactones) is 1. The summed E-state index contributed by atoms with van der Waals surface area (Å²) >= 11 is 0. The Labute approximate surface area is 219 Å². The molecule has 3 unspecified atom stereocenters. The summed E-state index contributed by atoms with van der Waals surface area (Å²) in [5.41, 5.74) is 1.35. The molecule has 2 aliphatic heterocycles. The summed E-state index contributed by atoms with van der Waals surface area (Å²) in [4.78, 5) is 17.2. The molecule has 2 fully saturated rings. The third-order valence-electron chi connectivity index (χ3n) is 9.25. The van der Waals surface area contributed by atoms with Crippen LogP contribution in [0.1, 0.15) is 39.7 Å². The standard InChI is InChI=1S/C29H40N2O6/c1-15-12-16(2)29-20(13-22(35-5)28(34)36-26(15)18(4)32)6-7-21-23(29)25(33)17(3)24(27(21)37-29)31-14-19-8-10-30-11-9-19/h6-12,15,17-18,20-27,31-33H,13-14H2,1-5H3/b16-12+/t15-,17?,18?,20-,21-,22+,23+,24+,25?,26+,27-,29+/m1/s1. The lowest BCUT2D eigenvalue weighted by Crippen LogP contribution is -2.59. The Morgan fingerprint density at radius 1 is 1.27 bits per heavy atom. The quantitative estimate of drug-likeness (QED) is 0.408. The average Bonchev–Trinajstić information content (AvgIpc) is 3.07. The Balaban J connectivity index is 1.55. The zero-order valence-corrected chi connectivity index (χ0v) is 22.3. The van der Waals surface area contributed by atoms with Crippen molar-refractivity contribution in [3.8, 4) is 0 Å². The van der Waals surface area contributed by atoms with Crippen LogP contribution in [-0.2, 0) is 25.5 Å². The smallest absolute Gasteiger partial charge is 0.335 e. The van der Waals surface area contributed by atoms with Crippen LogP contribution in [0.2, 0.25) is 0 Å². The fourth-order valence-electron chi connectivity index (χ4n) is 7.41. The van der Waals surface area contributed by atoms with Gasteiger partial charge in [0.2, 0.25) is 0 Å². The zero-order valence-electron chi connectivity index (χ0n) is 22.3. The summed E-state index contributed by atoms with van der Waals surface area (Å²) < 4.78 is 18.5. The molecule has 12 atom stereocenters. The molecule has 1 spiro atoms. The first-order valence-corrected chi connectivity index (χ1v) is 13.5. The van der Waals surface area contributed by atoms with Gasteiger partial charge in [-0.3, -0.25) is 4.98 Å². The van der Waals surface area contributed by atoms with Gasteiger partial charge in [0.05, 0.1) is 18.3 Å². The van der Waals surface area contributed by atoms with Gasteiger partial charge in [0.25, 0.3) is 0 Å². The van der Waals surface area contributed by atoms with Crippen molar-refractivity contribution in [2.75, 3.05) is 7.11 Å². The molecule has 0 amide bonds. The fourth-order valence-corrected chi connectivity index (χ4v) is 7.41. The molecule has 4 aliphatic rings. The number of rotatable bonds is 5. The van der Waals surface area contributed by atoms with Crippen molar-refractivity contribution < 1.29 is 29.2 Å². The van der Waals surface area contributed by atoms with Crippen molar-refractivity contribution in [2.24, 2.45) is 29.6 Å². The first kappa shape index (κ1) is 26.5. The minimum atomic E-state index is -0.844. The van der Waals surface area contributed by atoms with Crippen LogP contribution in [0.3, 0.4) is 0 Å². The molecule has 3 heterocycles. The highest BCUT2D eigenvalue weighted by molar-refractivity contribution is 5.75. The Kier molecular flexibility index (Phi) is 7.33. The van der Waals surface area contributed by atoms with Crippen LogP contribution in [0.25, 0.3) is 0 Å². The van der Waals surface area contributed by atoms with Gasteiger partial charge in [0.1, 0.15) is 11.7 Å². The summed E-state index contributed by atoms with van der Waals surface area (Å²) in [5, 5.41) is 25.9. The van der Waals surface area contributed by atoms with E-state index in [9.17, 15) is 15.0 Å². The van der Waals surface area contributed by atoms with Crippen LogP contribution < -0.4 is 5.32 Å². The van der Waals surface area contributed by atoms with E-state index >= 15 is 0 Å². The molecule has 1 aromatic heterocycles. The normalized spacial score (nSPS) is 45.4. The second-order valence-corrected chi connectivity index (χ2v) is 11.4. The predicted molar refractivity (Wildman–Crippen MR) is 137 cm³/mol. The molecule has 8 heteroatoms. The number of ether oxygens (including phenoxy) is 3. The number of hydrogen-bond acceptors (Lipinski definition) is 8. The molecule has 1 saturated heterocycles. The van der Waals surface area contributed by atoms with Gasteiger partial charge in [-0.05, 0) is 43.5 Å². The van der Waals surface area contributed by atoms with Gasteiger partial charge in [-0.1, -0.05) is 32.1 Å². The van der Waals surface area contributed by atoms with Crippen LogP contribution in [0, 0.1) is 29.6 Å². The number of methoxy groups -OCH3 is 1. The van der Waals surface area contributed by atoms with E-state index in [4.69, 9.17) is 14.2 Å². The first-order valence-electron chi connectivity index (χ1n) is 13.5. The number of aliphatic hydroxyl groups is 2. The van der Waals surface area contributed by atoms with Crippen molar-refractivity contribution in [3.05, 3.63) is 53.9 Å². The highest BCUT2D eigenvalue weighted by Crippen LogP contribution is 2.60. The topological polar surface area (TPSA) is 110 Å². The highest BCUT2D eigenvalue weighted by atomic mass is 16.6. The van der Waals surface area contributed by atoms with Gasteiger partial charge in [-0.25, -0.2) is 4.79 Å². The number of nitrogens with zero attached hydrogens (tertiary/aromatic N) is 1. The monoisotopic (exact) mass is 512 g/mol. The first-order chi connectivity index (χ1) is 17.7. The maximum atomic E-state index is 13.1. The number of hydrogen-bond donors (Lipinski definition) is 3. The van der Waals surface area contributed by atoms with E-state index in [1.54, 1.807) is 19.3 Å². The fraction of sp³-hybridized carbons (Fsp3) is 0.655. The van der Waals surface area contributed by atoms with E-state index in [2.05, 4.69) is 42.4 Å². The van der Waals surface area contributed by atoms with E-state index < -0.39 is 36.0 Å². The van der Waals surface area contributed by atoms with Gasteiger partial charge < -0.3 is 29.7 Å². The summed E-state index contributed by atoms with van der Waals surface area (Å²) in [7, 11) is 1.51. The Hall–Kier alpha value is -2.10. The molecular formula is C29H40N2O6. The SMILES string of the molecule is CO[C@H]1C[C@H]2C=C[C@H]3[C@H]4O[C@]2(/C(C)=C/[C@@H](C)[C@@H](C(C)O)OC1=O)[C@@H]3C(O)C(C)[C@@H]4NCc1ccncc1. The number of aliphatic hydroxyl groups excluding tert-OH is 2. The third kappa shape index (κ3) is 4.36. The van der Waals surface area contributed by atoms with Gasteiger partial charge in [-0.2, -0.15) is 0 Å². The van der Waals surface area contributed by atoms with Crippen molar-refractivity contribution in [2.45, 2.75) is 82.8 Å². The Morgan fingerprint density at radius 2 is 2.00 bits per heavy atom. The van der Waals surface area contributed by atoms with Crippen LogP contribution in [0.4, 0.5) is 0 Å². The molecule has 2 aliphatic carbocycles. The van der Waals surface area contributed by atoms with E-state index in [0.29, 0.717) is 13.0 Å². The summed E-state index contributed by atoms with van der Waals surface area (Å²) in [5.74, 6) is -1.05. The number of esters is 1. The Morgan fingerprint density at radius 3 is 2.68 bits per heavy atom. The van der Waals surface area contributed by atoms with Crippen LogP contribution in [-0.4, -0.2) is 70.4 Å². The maximum absolute atomic E-state index is 13.1. The van der Waals surface area contributed by atoms with E-state index in [-0.39, 0.29) is 41.7 Å². The Bertz CT molecular complexity index is 1040. The second-order valence-electron chi connectivity index (χ2n) is 11.4. The average molecular weight is 513 g/mol. The number of pyridine rings is 1. The summed E-state index contributed by atoms with van der Waals surface area (Å²) in [6.45, 7) is 8.38. The molecule has 1 aromatic rings. The molecule has 0 radical (unpaired) electrons. The number of nitrogens with one attached hydrogen (secondary N) is 1. The number of carbonyl (C=O) groups excluding carboxylic acids is 1. The minimum Gasteiger partial charge on any atom is -0.457 e. The lowest BCUT2D eigenvalue weighted by atomic mass is 9.57. The van der Waals surface area contributed by atoms with Gasteiger partial charge >= 0.3 is 5.97 Å².